The number of hydrogen-bond acceptors (Lipinski definition) is 3. The normalized spacial score (nSPS) is 12.4. The summed E-state index contributed by atoms with van der Waals surface area (Å²) in [7, 11) is 0. The van der Waals surface area contributed by atoms with Crippen molar-refractivity contribution in [2.45, 2.75) is 32.9 Å². The van der Waals surface area contributed by atoms with E-state index in [2.05, 4.69) is 48.7 Å². The maximum Gasteiger partial charge on any atom is 0.0667 e. The van der Waals surface area contributed by atoms with Crippen LogP contribution >= 0.6 is 0 Å². The molecule has 1 heterocycles. The van der Waals surface area contributed by atoms with Crippen molar-refractivity contribution in [1.29, 1.82) is 0 Å². The van der Waals surface area contributed by atoms with Crippen LogP contribution in [0.4, 0.5) is 5.69 Å². The Kier molecular flexibility index (Phi) is 4.58. The van der Waals surface area contributed by atoms with E-state index in [9.17, 15) is 0 Å². The minimum absolute atomic E-state index is 0.104. The van der Waals surface area contributed by atoms with Gasteiger partial charge in [0.1, 0.15) is 0 Å². The number of hydrogen-bond donors (Lipinski definition) is 2. The van der Waals surface area contributed by atoms with Gasteiger partial charge < -0.3 is 11.1 Å². The lowest BCUT2D eigenvalue weighted by Crippen LogP contribution is -2.20. The van der Waals surface area contributed by atoms with Gasteiger partial charge in [-0.05, 0) is 31.0 Å². The van der Waals surface area contributed by atoms with Gasteiger partial charge in [0.25, 0.3) is 0 Å². The molecule has 2 rings (SSSR count). The zero-order valence-electron chi connectivity index (χ0n) is 11.6. The number of rotatable bonds is 6. The van der Waals surface area contributed by atoms with E-state index in [0.29, 0.717) is 6.54 Å². The summed E-state index contributed by atoms with van der Waals surface area (Å²) in [5, 5.41) is 7.82. The van der Waals surface area contributed by atoms with Crippen molar-refractivity contribution in [3.63, 3.8) is 0 Å². The van der Waals surface area contributed by atoms with Crippen molar-refractivity contribution in [3.8, 4) is 0 Å². The molecule has 19 heavy (non-hydrogen) atoms. The van der Waals surface area contributed by atoms with Crippen molar-refractivity contribution in [2.75, 3.05) is 11.9 Å². The molecule has 0 aliphatic heterocycles. The standard InChI is InChI=1S/C15H22N4/c1-3-7-19-11-13(10-17-19)15(9-16)18-14-6-4-5-12(2)8-14/h4-6,8,10-11,15,18H,3,7,9,16H2,1-2H3. The fourth-order valence-corrected chi connectivity index (χ4v) is 2.13. The molecule has 0 radical (unpaired) electrons. The minimum Gasteiger partial charge on any atom is -0.377 e. The molecule has 2 aromatic rings. The number of aromatic nitrogens is 2. The van der Waals surface area contributed by atoms with Crippen LogP contribution in [0.5, 0.6) is 0 Å². The highest BCUT2D eigenvalue weighted by Gasteiger charge is 2.11. The van der Waals surface area contributed by atoms with Crippen molar-refractivity contribution in [3.05, 3.63) is 47.8 Å². The van der Waals surface area contributed by atoms with E-state index in [0.717, 1.165) is 24.2 Å². The summed E-state index contributed by atoms with van der Waals surface area (Å²) in [4.78, 5) is 0. The van der Waals surface area contributed by atoms with E-state index in [1.54, 1.807) is 0 Å². The Labute approximate surface area is 114 Å². The maximum atomic E-state index is 5.87. The summed E-state index contributed by atoms with van der Waals surface area (Å²) in [6.45, 7) is 5.72. The largest absolute Gasteiger partial charge is 0.377 e. The highest BCUT2D eigenvalue weighted by atomic mass is 15.3. The molecule has 0 saturated heterocycles. The first-order valence-corrected chi connectivity index (χ1v) is 6.78. The topological polar surface area (TPSA) is 55.9 Å². The average Bonchev–Trinajstić information content (AvgIpc) is 2.85. The van der Waals surface area contributed by atoms with Crippen LogP contribution in [0.1, 0.15) is 30.5 Å². The van der Waals surface area contributed by atoms with Crippen molar-refractivity contribution < 1.29 is 0 Å². The van der Waals surface area contributed by atoms with Crippen molar-refractivity contribution >= 4 is 5.69 Å². The molecular formula is C15H22N4. The van der Waals surface area contributed by atoms with Gasteiger partial charge in [0.15, 0.2) is 0 Å². The molecule has 102 valence electrons. The quantitative estimate of drug-likeness (QED) is 0.837. The number of nitrogens with one attached hydrogen (secondary N) is 1. The molecule has 4 heteroatoms. The van der Waals surface area contributed by atoms with Crippen LogP contribution in [-0.2, 0) is 6.54 Å². The summed E-state index contributed by atoms with van der Waals surface area (Å²) < 4.78 is 1.97. The molecule has 3 N–H and O–H groups in total. The Morgan fingerprint density at radius 2 is 2.26 bits per heavy atom. The van der Waals surface area contributed by atoms with E-state index < -0.39 is 0 Å². The Bertz CT molecular complexity index is 518. The number of nitrogens with two attached hydrogens (primary N) is 1. The monoisotopic (exact) mass is 258 g/mol. The zero-order valence-corrected chi connectivity index (χ0v) is 11.6. The second-order valence-corrected chi connectivity index (χ2v) is 4.84. The maximum absolute atomic E-state index is 5.87. The van der Waals surface area contributed by atoms with Crippen LogP contribution in [-0.4, -0.2) is 16.3 Å². The smallest absolute Gasteiger partial charge is 0.0667 e. The van der Waals surface area contributed by atoms with Gasteiger partial charge in [0, 0.05) is 30.5 Å². The molecule has 0 aliphatic carbocycles. The predicted octanol–water partition coefficient (Wildman–Crippen LogP) is 2.71. The van der Waals surface area contributed by atoms with Crippen LogP contribution in [0.15, 0.2) is 36.7 Å². The van der Waals surface area contributed by atoms with Crippen molar-refractivity contribution in [1.82, 2.24) is 9.78 Å². The molecule has 0 fully saturated rings. The van der Waals surface area contributed by atoms with E-state index in [1.807, 2.05) is 16.9 Å². The van der Waals surface area contributed by atoms with Gasteiger partial charge in [-0.15, -0.1) is 0 Å². The van der Waals surface area contributed by atoms with Crippen LogP contribution in [0.2, 0.25) is 0 Å². The van der Waals surface area contributed by atoms with Crippen LogP contribution in [0.25, 0.3) is 0 Å². The highest BCUT2D eigenvalue weighted by molar-refractivity contribution is 5.47. The first kappa shape index (κ1) is 13.6. The third-order valence-electron chi connectivity index (χ3n) is 3.10. The number of aryl methyl sites for hydroxylation is 2. The number of benzene rings is 1. The molecule has 0 aliphatic rings. The summed E-state index contributed by atoms with van der Waals surface area (Å²) >= 11 is 0. The molecule has 0 bridgehead atoms. The van der Waals surface area contributed by atoms with Crippen LogP contribution in [0.3, 0.4) is 0 Å². The summed E-state index contributed by atoms with van der Waals surface area (Å²) in [5.74, 6) is 0. The SMILES string of the molecule is CCCn1cc(C(CN)Nc2cccc(C)c2)cn1. The minimum atomic E-state index is 0.104. The van der Waals surface area contributed by atoms with E-state index in [-0.39, 0.29) is 6.04 Å². The van der Waals surface area contributed by atoms with Gasteiger partial charge in [-0.2, -0.15) is 5.10 Å². The lowest BCUT2D eigenvalue weighted by atomic mass is 10.1. The van der Waals surface area contributed by atoms with Gasteiger partial charge in [-0.1, -0.05) is 19.1 Å². The Morgan fingerprint density at radius 1 is 1.42 bits per heavy atom. The number of anilines is 1. The highest BCUT2D eigenvalue weighted by Crippen LogP contribution is 2.19. The van der Waals surface area contributed by atoms with Crippen LogP contribution < -0.4 is 11.1 Å². The van der Waals surface area contributed by atoms with Gasteiger partial charge in [0.05, 0.1) is 12.2 Å². The average molecular weight is 258 g/mol. The Morgan fingerprint density at radius 3 is 2.95 bits per heavy atom. The first-order chi connectivity index (χ1) is 9.22. The summed E-state index contributed by atoms with van der Waals surface area (Å²) in [6, 6.07) is 8.42. The van der Waals surface area contributed by atoms with Gasteiger partial charge in [-0.25, -0.2) is 0 Å². The summed E-state index contributed by atoms with van der Waals surface area (Å²) in [5.41, 5.74) is 9.35. The van der Waals surface area contributed by atoms with Gasteiger partial charge in [0.2, 0.25) is 0 Å². The molecule has 0 saturated carbocycles. The van der Waals surface area contributed by atoms with Crippen LogP contribution in [0, 0.1) is 6.92 Å². The second-order valence-electron chi connectivity index (χ2n) is 4.84. The van der Waals surface area contributed by atoms with E-state index in [4.69, 9.17) is 5.73 Å². The fourth-order valence-electron chi connectivity index (χ4n) is 2.13. The lowest BCUT2D eigenvalue weighted by Gasteiger charge is -2.17. The van der Waals surface area contributed by atoms with Gasteiger partial charge in [-0.3, -0.25) is 4.68 Å². The Balaban J connectivity index is 2.10. The molecular weight excluding hydrogens is 236 g/mol. The number of nitrogens with zero attached hydrogens (tertiary/aromatic N) is 2. The van der Waals surface area contributed by atoms with Gasteiger partial charge >= 0.3 is 0 Å². The fraction of sp³-hybridized carbons (Fsp3) is 0.400. The zero-order chi connectivity index (χ0) is 13.7. The van der Waals surface area contributed by atoms with E-state index >= 15 is 0 Å². The molecule has 0 spiro atoms. The molecule has 0 amide bonds. The van der Waals surface area contributed by atoms with E-state index in [1.165, 1.54) is 5.56 Å². The molecule has 1 aromatic heterocycles. The molecule has 4 nitrogen and oxygen atoms in total. The third kappa shape index (κ3) is 3.58. The van der Waals surface area contributed by atoms with Crippen molar-refractivity contribution in [2.24, 2.45) is 5.73 Å². The second kappa shape index (κ2) is 6.38. The lowest BCUT2D eigenvalue weighted by molar-refractivity contribution is 0.601. The summed E-state index contributed by atoms with van der Waals surface area (Å²) in [6.07, 6.45) is 5.06. The third-order valence-corrected chi connectivity index (χ3v) is 3.10. The first-order valence-electron chi connectivity index (χ1n) is 6.78. The Hall–Kier alpha value is -1.81. The predicted molar refractivity (Wildman–Crippen MR) is 79.1 cm³/mol. The molecule has 1 atom stereocenters. The molecule has 1 aromatic carbocycles. The molecule has 1 unspecified atom stereocenters.